The normalized spacial score (nSPS) is 21.7. The molecule has 1 saturated carbocycles. The zero-order valence-electron chi connectivity index (χ0n) is 22.1. The lowest BCUT2D eigenvalue weighted by Gasteiger charge is -2.37. The minimum atomic E-state index is -0.841. The maximum absolute atomic E-state index is 12.3. The fourth-order valence-corrected chi connectivity index (χ4v) is 6.28. The number of carbonyl (C=O) groups is 1. The van der Waals surface area contributed by atoms with Crippen molar-refractivity contribution in [3.63, 3.8) is 0 Å². The molecule has 2 aliphatic rings. The largest absolute Gasteiger partial charge is 0.477 e. The Labute approximate surface area is 214 Å². The molecule has 188 valence electrons. The van der Waals surface area contributed by atoms with Crippen LogP contribution in [0.15, 0.2) is 17.8 Å². The van der Waals surface area contributed by atoms with Gasteiger partial charge in [0.05, 0.1) is 10.6 Å². The van der Waals surface area contributed by atoms with Gasteiger partial charge in [-0.25, -0.2) is 4.79 Å². The van der Waals surface area contributed by atoms with Crippen LogP contribution in [0.3, 0.4) is 0 Å². The van der Waals surface area contributed by atoms with Crippen LogP contribution in [0.5, 0.6) is 0 Å². The number of hydrogen-bond acceptors (Lipinski definition) is 4. The first-order chi connectivity index (χ1) is 16.5. The zero-order valence-corrected chi connectivity index (χ0v) is 22.9. The van der Waals surface area contributed by atoms with E-state index >= 15 is 0 Å². The highest BCUT2D eigenvalue weighted by Gasteiger charge is 2.31. The van der Waals surface area contributed by atoms with Gasteiger partial charge in [-0.2, -0.15) is 5.10 Å². The minimum Gasteiger partial charge on any atom is -0.477 e. The van der Waals surface area contributed by atoms with E-state index in [1.807, 2.05) is 11.7 Å². The number of hydrogen-bond donors (Lipinski definition) is 1. The Bertz CT molecular complexity index is 1180. The molecule has 5 nitrogen and oxygen atoms in total. The molecule has 2 aromatic heterocycles. The lowest BCUT2D eigenvalue weighted by atomic mass is 9.75. The number of thiophene rings is 1. The molecule has 0 aromatic carbocycles. The molecule has 4 rings (SSSR count). The maximum Gasteiger partial charge on any atom is 0.346 e. The van der Waals surface area contributed by atoms with Crippen molar-refractivity contribution in [1.29, 1.82) is 0 Å². The van der Waals surface area contributed by atoms with Crippen LogP contribution in [0, 0.1) is 36.0 Å². The highest BCUT2D eigenvalue weighted by molar-refractivity contribution is 7.14. The Balaban J connectivity index is 1.72. The molecule has 0 saturated heterocycles. The van der Waals surface area contributed by atoms with Crippen LogP contribution in [0.2, 0.25) is 0 Å². The van der Waals surface area contributed by atoms with Gasteiger partial charge < -0.3 is 5.11 Å². The van der Waals surface area contributed by atoms with E-state index in [2.05, 4.69) is 68.7 Å². The predicted molar refractivity (Wildman–Crippen MR) is 143 cm³/mol. The van der Waals surface area contributed by atoms with E-state index in [1.165, 1.54) is 53.7 Å². The SMILES string of the molecule is Cc1nn(C)cc1CN1CCC(c2cc(C#CC(C)(C)C)sc2C(=O)O)=C(C2CCC(C)CC2)C1. The van der Waals surface area contributed by atoms with Gasteiger partial charge in [0, 0.05) is 49.4 Å². The zero-order chi connectivity index (χ0) is 25.3. The second-order valence-electron chi connectivity index (χ2n) is 11.5. The maximum atomic E-state index is 12.3. The highest BCUT2D eigenvalue weighted by Crippen LogP contribution is 2.42. The van der Waals surface area contributed by atoms with Gasteiger partial charge in [-0.05, 0) is 76.0 Å². The van der Waals surface area contributed by atoms with Crippen molar-refractivity contribution >= 4 is 22.9 Å². The average molecular weight is 494 g/mol. The number of carboxylic acids is 1. The van der Waals surface area contributed by atoms with Crippen LogP contribution in [0.25, 0.3) is 5.57 Å². The van der Waals surface area contributed by atoms with E-state index in [-0.39, 0.29) is 5.41 Å². The number of aryl methyl sites for hydroxylation is 2. The van der Waals surface area contributed by atoms with Crippen molar-refractivity contribution in [3.05, 3.63) is 44.4 Å². The van der Waals surface area contributed by atoms with Crippen LogP contribution >= 0.6 is 11.3 Å². The summed E-state index contributed by atoms with van der Waals surface area (Å²) in [6.45, 7) is 13.4. The van der Waals surface area contributed by atoms with E-state index < -0.39 is 5.97 Å². The van der Waals surface area contributed by atoms with Gasteiger partial charge in [-0.3, -0.25) is 9.58 Å². The van der Waals surface area contributed by atoms with Crippen LogP contribution in [0.1, 0.15) is 91.2 Å². The van der Waals surface area contributed by atoms with Crippen molar-refractivity contribution in [3.8, 4) is 11.8 Å². The smallest absolute Gasteiger partial charge is 0.346 e. The third-order valence-electron chi connectivity index (χ3n) is 7.29. The molecule has 0 unspecified atom stereocenters. The molecule has 0 amide bonds. The molecular weight excluding hydrogens is 454 g/mol. The Morgan fingerprint density at radius 3 is 2.57 bits per heavy atom. The molecule has 3 heterocycles. The Morgan fingerprint density at radius 1 is 1.26 bits per heavy atom. The van der Waals surface area contributed by atoms with Gasteiger partial charge in [-0.1, -0.05) is 31.6 Å². The number of rotatable bonds is 5. The summed E-state index contributed by atoms with van der Waals surface area (Å²) in [7, 11) is 1.98. The second kappa shape index (κ2) is 10.3. The van der Waals surface area contributed by atoms with E-state index in [4.69, 9.17) is 0 Å². The van der Waals surface area contributed by atoms with E-state index in [0.29, 0.717) is 10.8 Å². The standard InChI is InChI=1S/C29H39N3O2S/c1-19-7-9-21(10-8-19)26-18-32(17-22-16-31(6)30-20(22)2)14-12-24(26)25-15-23(11-13-29(3,4)5)35-27(25)28(33)34/h15-16,19,21H,7-10,12,14,17-18H2,1-6H3,(H,33,34). The first kappa shape index (κ1) is 25.7. The van der Waals surface area contributed by atoms with Gasteiger partial charge in [0.25, 0.3) is 0 Å². The summed E-state index contributed by atoms with van der Waals surface area (Å²) in [4.78, 5) is 16.1. The van der Waals surface area contributed by atoms with Crippen molar-refractivity contribution in [2.24, 2.45) is 24.3 Å². The first-order valence-corrected chi connectivity index (χ1v) is 13.7. The summed E-state index contributed by atoms with van der Waals surface area (Å²) in [5, 5.41) is 14.6. The van der Waals surface area contributed by atoms with Crippen LogP contribution < -0.4 is 0 Å². The average Bonchev–Trinajstić information content (AvgIpc) is 3.35. The molecular formula is C29H39N3O2S. The molecule has 6 heteroatoms. The Hall–Kier alpha value is -2.36. The molecule has 1 fully saturated rings. The summed E-state index contributed by atoms with van der Waals surface area (Å²) in [6, 6.07) is 2.05. The lowest BCUT2D eigenvalue weighted by molar-refractivity contribution is 0.0701. The molecule has 0 spiro atoms. The Morgan fingerprint density at radius 2 is 1.97 bits per heavy atom. The van der Waals surface area contributed by atoms with Gasteiger partial charge in [0.15, 0.2) is 0 Å². The third-order valence-corrected chi connectivity index (χ3v) is 8.33. The van der Waals surface area contributed by atoms with Gasteiger partial charge in [0.2, 0.25) is 0 Å². The summed E-state index contributed by atoms with van der Waals surface area (Å²) < 4.78 is 1.89. The lowest BCUT2D eigenvalue weighted by Crippen LogP contribution is -2.34. The number of carboxylic acid groups (broad SMARTS) is 1. The molecule has 0 atom stereocenters. The molecule has 1 aliphatic heterocycles. The number of nitrogens with zero attached hydrogens (tertiary/aromatic N) is 3. The highest BCUT2D eigenvalue weighted by atomic mass is 32.1. The predicted octanol–water partition coefficient (Wildman–Crippen LogP) is 6.37. The molecule has 1 N–H and O–H groups in total. The van der Waals surface area contributed by atoms with E-state index in [1.54, 1.807) is 0 Å². The van der Waals surface area contributed by atoms with Gasteiger partial charge in [0.1, 0.15) is 4.88 Å². The molecule has 2 aromatic rings. The summed E-state index contributed by atoms with van der Waals surface area (Å²) in [5.74, 6) is 7.00. The van der Waals surface area contributed by atoms with Crippen molar-refractivity contribution in [1.82, 2.24) is 14.7 Å². The van der Waals surface area contributed by atoms with E-state index in [9.17, 15) is 9.90 Å². The quantitative estimate of drug-likeness (QED) is 0.492. The van der Waals surface area contributed by atoms with Crippen LogP contribution in [-0.4, -0.2) is 38.8 Å². The summed E-state index contributed by atoms with van der Waals surface area (Å²) in [5.41, 5.74) is 5.87. The number of aromatic nitrogens is 2. The van der Waals surface area contributed by atoms with Crippen molar-refractivity contribution in [2.75, 3.05) is 13.1 Å². The van der Waals surface area contributed by atoms with Gasteiger partial charge in [-0.15, -0.1) is 11.3 Å². The molecule has 0 radical (unpaired) electrons. The molecule has 0 bridgehead atoms. The van der Waals surface area contributed by atoms with Crippen LogP contribution in [-0.2, 0) is 13.6 Å². The number of aromatic carboxylic acids is 1. The summed E-state index contributed by atoms with van der Waals surface area (Å²) in [6.07, 6.45) is 7.90. The third kappa shape index (κ3) is 6.26. The minimum absolute atomic E-state index is 0.119. The van der Waals surface area contributed by atoms with E-state index in [0.717, 1.165) is 48.1 Å². The monoisotopic (exact) mass is 493 g/mol. The van der Waals surface area contributed by atoms with Crippen molar-refractivity contribution in [2.45, 2.75) is 73.3 Å². The summed E-state index contributed by atoms with van der Waals surface area (Å²) >= 11 is 1.33. The molecule has 1 aliphatic carbocycles. The van der Waals surface area contributed by atoms with Gasteiger partial charge >= 0.3 is 5.97 Å². The first-order valence-electron chi connectivity index (χ1n) is 12.8. The fraction of sp³-hybridized carbons (Fsp3) is 0.586. The topological polar surface area (TPSA) is 58.4 Å². The Kier molecular flexibility index (Phi) is 7.59. The molecule has 35 heavy (non-hydrogen) atoms. The van der Waals surface area contributed by atoms with Crippen molar-refractivity contribution < 1.29 is 9.90 Å². The second-order valence-corrected chi connectivity index (χ2v) is 12.5. The fourth-order valence-electron chi connectivity index (χ4n) is 5.40. The van der Waals surface area contributed by atoms with Crippen LogP contribution in [0.4, 0.5) is 0 Å².